The summed E-state index contributed by atoms with van der Waals surface area (Å²) in [6.45, 7) is 2.80. The molecule has 0 atom stereocenters. The van der Waals surface area contributed by atoms with Crippen LogP contribution in [-0.4, -0.2) is 24.9 Å². The average molecular weight is 337 g/mol. The van der Waals surface area contributed by atoms with E-state index in [1.807, 2.05) is 6.07 Å². The van der Waals surface area contributed by atoms with Crippen LogP contribution < -0.4 is 14.8 Å². The highest BCUT2D eigenvalue weighted by Gasteiger charge is 2.27. The summed E-state index contributed by atoms with van der Waals surface area (Å²) in [7, 11) is 0. The Morgan fingerprint density at radius 3 is 2.80 bits per heavy atom. The van der Waals surface area contributed by atoms with Crippen molar-refractivity contribution < 1.29 is 19.1 Å². The van der Waals surface area contributed by atoms with Gasteiger partial charge in [-0.15, -0.1) is 0 Å². The van der Waals surface area contributed by atoms with Crippen molar-refractivity contribution in [2.45, 2.75) is 26.2 Å². The number of nitrogens with one attached hydrogen (secondary N) is 1. The molecule has 4 rings (SSSR count). The number of hydrogen-bond acceptors (Lipinski definition) is 4. The molecular weight excluding hydrogens is 318 g/mol. The van der Waals surface area contributed by atoms with Gasteiger partial charge in [0.25, 0.3) is 0 Å². The summed E-state index contributed by atoms with van der Waals surface area (Å²) in [6, 6.07) is 9.02. The fourth-order valence-corrected chi connectivity index (χ4v) is 3.45. The number of ketones is 1. The van der Waals surface area contributed by atoms with Crippen LogP contribution in [0.2, 0.25) is 0 Å². The number of amides is 1. The van der Waals surface area contributed by atoms with Crippen LogP contribution in [-0.2, 0) is 24.1 Å². The van der Waals surface area contributed by atoms with Gasteiger partial charge in [0.15, 0.2) is 5.78 Å². The van der Waals surface area contributed by atoms with Gasteiger partial charge in [-0.2, -0.15) is 0 Å². The van der Waals surface area contributed by atoms with E-state index in [1.165, 1.54) is 6.92 Å². The normalized spacial score (nSPS) is 14.3. The Morgan fingerprint density at radius 2 is 1.96 bits per heavy atom. The van der Waals surface area contributed by atoms with Gasteiger partial charge in [0.1, 0.15) is 11.5 Å². The predicted octanol–water partition coefficient (Wildman–Crippen LogP) is 2.94. The topological polar surface area (TPSA) is 64.6 Å². The van der Waals surface area contributed by atoms with Gasteiger partial charge in [0.05, 0.1) is 19.6 Å². The Labute approximate surface area is 145 Å². The number of hydrogen-bond donors (Lipinski definition) is 1. The average Bonchev–Trinajstić information content (AvgIpc) is 3.23. The maximum atomic E-state index is 12.6. The Morgan fingerprint density at radius 1 is 1.12 bits per heavy atom. The number of rotatable bonds is 4. The standard InChI is InChI=1S/C20H19NO4/c1-12(22)13-3-2-4-15(9-13)21-19(23)11-17-16-6-8-24-18(16)10-14-5-7-25-20(14)17/h2-4,9-10H,5-8,11H2,1H3,(H,21,23). The number of carbonyl (C=O) groups excluding carboxylic acids is 2. The van der Waals surface area contributed by atoms with Gasteiger partial charge in [0, 0.05) is 40.8 Å². The molecule has 128 valence electrons. The van der Waals surface area contributed by atoms with E-state index in [1.54, 1.807) is 24.3 Å². The van der Waals surface area contributed by atoms with Crippen LogP contribution in [0.1, 0.15) is 34.0 Å². The van der Waals surface area contributed by atoms with E-state index >= 15 is 0 Å². The number of benzene rings is 2. The van der Waals surface area contributed by atoms with Crippen molar-refractivity contribution in [2.75, 3.05) is 18.5 Å². The number of ether oxygens (including phenoxy) is 2. The summed E-state index contributed by atoms with van der Waals surface area (Å²) in [5, 5.41) is 2.88. The highest BCUT2D eigenvalue weighted by molar-refractivity contribution is 5.97. The maximum Gasteiger partial charge on any atom is 0.228 e. The van der Waals surface area contributed by atoms with E-state index in [2.05, 4.69) is 5.32 Å². The van der Waals surface area contributed by atoms with Crippen molar-refractivity contribution in [3.8, 4) is 11.5 Å². The molecule has 5 nitrogen and oxygen atoms in total. The summed E-state index contributed by atoms with van der Waals surface area (Å²) in [5.41, 5.74) is 4.33. The molecule has 0 saturated carbocycles. The first-order valence-electron chi connectivity index (χ1n) is 8.46. The SMILES string of the molecule is CC(=O)c1cccc(NC(=O)Cc2c3c(cc4c2OCC4)OCC3)c1. The van der Waals surface area contributed by atoms with Crippen molar-refractivity contribution in [3.05, 3.63) is 52.6 Å². The summed E-state index contributed by atoms with van der Waals surface area (Å²) >= 11 is 0. The van der Waals surface area contributed by atoms with Crippen molar-refractivity contribution in [3.63, 3.8) is 0 Å². The Kier molecular flexibility index (Phi) is 3.92. The minimum atomic E-state index is -0.126. The molecule has 0 aliphatic carbocycles. The van der Waals surface area contributed by atoms with Gasteiger partial charge in [-0.25, -0.2) is 0 Å². The van der Waals surface area contributed by atoms with Gasteiger partial charge in [-0.05, 0) is 25.1 Å². The van der Waals surface area contributed by atoms with Gasteiger partial charge < -0.3 is 14.8 Å². The molecule has 0 spiro atoms. The molecule has 1 N–H and O–H groups in total. The van der Waals surface area contributed by atoms with E-state index in [0.29, 0.717) is 24.5 Å². The lowest BCUT2D eigenvalue weighted by atomic mass is 9.97. The van der Waals surface area contributed by atoms with E-state index in [9.17, 15) is 9.59 Å². The van der Waals surface area contributed by atoms with Gasteiger partial charge in [0.2, 0.25) is 5.91 Å². The first-order valence-corrected chi connectivity index (χ1v) is 8.46. The van der Waals surface area contributed by atoms with Crippen molar-refractivity contribution >= 4 is 17.4 Å². The van der Waals surface area contributed by atoms with Crippen LogP contribution >= 0.6 is 0 Å². The monoisotopic (exact) mass is 337 g/mol. The number of anilines is 1. The minimum Gasteiger partial charge on any atom is -0.493 e. The summed E-state index contributed by atoms with van der Waals surface area (Å²) in [4.78, 5) is 24.1. The predicted molar refractivity (Wildman–Crippen MR) is 93.6 cm³/mol. The molecule has 1 amide bonds. The minimum absolute atomic E-state index is 0.0275. The Bertz CT molecular complexity index is 840. The van der Waals surface area contributed by atoms with Gasteiger partial charge in [-0.1, -0.05) is 12.1 Å². The van der Waals surface area contributed by atoms with Crippen LogP contribution in [0.3, 0.4) is 0 Å². The van der Waals surface area contributed by atoms with Gasteiger partial charge >= 0.3 is 0 Å². The molecule has 2 aliphatic rings. The Hall–Kier alpha value is -2.82. The van der Waals surface area contributed by atoms with Crippen molar-refractivity contribution in [2.24, 2.45) is 0 Å². The number of carbonyl (C=O) groups is 2. The smallest absolute Gasteiger partial charge is 0.228 e. The van der Waals surface area contributed by atoms with Crippen LogP contribution in [0.4, 0.5) is 5.69 Å². The fourth-order valence-electron chi connectivity index (χ4n) is 3.45. The lowest BCUT2D eigenvalue weighted by molar-refractivity contribution is -0.115. The quantitative estimate of drug-likeness (QED) is 0.871. The second-order valence-corrected chi connectivity index (χ2v) is 6.38. The molecular formula is C20H19NO4. The van der Waals surface area contributed by atoms with Crippen LogP contribution in [0.15, 0.2) is 30.3 Å². The first kappa shape index (κ1) is 15.7. The van der Waals surface area contributed by atoms with Crippen LogP contribution in [0.5, 0.6) is 11.5 Å². The van der Waals surface area contributed by atoms with Crippen LogP contribution in [0, 0.1) is 0 Å². The second kappa shape index (κ2) is 6.24. The zero-order valence-electron chi connectivity index (χ0n) is 14.1. The van der Waals surface area contributed by atoms with Crippen LogP contribution in [0.25, 0.3) is 0 Å². The van der Waals surface area contributed by atoms with Gasteiger partial charge in [-0.3, -0.25) is 9.59 Å². The third-order valence-corrected chi connectivity index (χ3v) is 4.65. The molecule has 2 heterocycles. The molecule has 0 aromatic heterocycles. The third-order valence-electron chi connectivity index (χ3n) is 4.65. The molecule has 0 unspecified atom stereocenters. The zero-order valence-corrected chi connectivity index (χ0v) is 14.1. The van der Waals surface area contributed by atoms with E-state index in [-0.39, 0.29) is 18.1 Å². The molecule has 2 aliphatic heterocycles. The lowest BCUT2D eigenvalue weighted by Crippen LogP contribution is -2.16. The third kappa shape index (κ3) is 2.97. The fraction of sp³-hybridized carbons (Fsp3) is 0.300. The highest BCUT2D eigenvalue weighted by Crippen LogP contribution is 2.40. The molecule has 2 aromatic rings. The Balaban J connectivity index is 1.58. The number of fused-ring (bicyclic) bond motifs is 2. The summed E-state index contributed by atoms with van der Waals surface area (Å²) in [5.74, 6) is 1.57. The molecule has 0 radical (unpaired) electrons. The van der Waals surface area contributed by atoms with E-state index < -0.39 is 0 Å². The zero-order chi connectivity index (χ0) is 17.4. The molecule has 25 heavy (non-hydrogen) atoms. The summed E-state index contributed by atoms with van der Waals surface area (Å²) < 4.78 is 11.5. The lowest BCUT2D eigenvalue weighted by Gasteiger charge is -2.13. The first-order chi connectivity index (χ1) is 12.1. The molecule has 0 saturated heterocycles. The highest BCUT2D eigenvalue weighted by atomic mass is 16.5. The molecule has 0 bridgehead atoms. The molecule has 2 aromatic carbocycles. The largest absolute Gasteiger partial charge is 0.493 e. The van der Waals surface area contributed by atoms with E-state index in [0.717, 1.165) is 41.0 Å². The summed E-state index contributed by atoms with van der Waals surface area (Å²) in [6.07, 6.45) is 1.88. The van der Waals surface area contributed by atoms with Crippen molar-refractivity contribution in [1.29, 1.82) is 0 Å². The second-order valence-electron chi connectivity index (χ2n) is 6.38. The molecule has 5 heteroatoms. The van der Waals surface area contributed by atoms with Crippen molar-refractivity contribution in [1.82, 2.24) is 0 Å². The number of Topliss-reactive ketones (excluding diaryl/α,β-unsaturated/α-hetero) is 1. The van der Waals surface area contributed by atoms with E-state index in [4.69, 9.17) is 9.47 Å². The molecule has 0 fully saturated rings. The maximum absolute atomic E-state index is 12.6.